The Morgan fingerprint density at radius 2 is 1.88 bits per heavy atom. The summed E-state index contributed by atoms with van der Waals surface area (Å²) in [5, 5.41) is 17.5. The monoisotopic (exact) mass is 684 g/mol. The van der Waals surface area contributed by atoms with Crippen molar-refractivity contribution in [2.75, 3.05) is 18.9 Å². The van der Waals surface area contributed by atoms with Crippen LogP contribution in [0.15, 0.2) is 48.8 Å². The molecule has 0 spiro atoms. The van der Waals surface area contributed by atoms with Gasteiger partial charge in [-0.05, 0) is 50.5 Å². The van der Waals surface area contributed by atoms with Crippen LogP contribution < -0.4 is 15.3 Å². The van der Waals surface area contributed by atoms with Crippen LogP contribution in [0, 0.1) is 11.3 Å². The minimum absolute atomic E-state index is 0.0778. The first-order chi connectivity index (χ1) is 23.0. The molecule has 256 valence electrons. The average molecular weight is 685 g/mol. The number of benzene rings is 1. The number of nitrogens with two attached hydrogens (primary N) is 1. The van der Waals surface area contributed by atoms with Gasteiger partial charge in [0.25, 0.3) is 0 Å². The first-order valence-electron chi connectivity index (χ1n) is 15.5. The van der Waals surface area contributed by atoms with Gasteiger partial charge in [-0.1, -0.05) is 32.0 Å². The molecule has 5 rings (SSSR count). The number of rotatable bonds is 14. The minimum atomic E-state index is -4.51. The summed E-state index contributed by atoms with van der Waals surface area (Å²) >= 11 is 0. The highest BCUT2D eigenvalue weighted by molar-refractivity contribution is 7.52. The molecule has 0 amide bonds. The summed E-state index contributed by atoms with van der Waals surface area (Å²) in [6, 6.07) is 12.0. The highest BCUT2D eigenvalue weighted by Crippen LogP contribution is 2.50. The molecule has 5 atom stereocenters. The Balaban J connectivity index is 1.53. The fraction of sp³-hybridized carbons (Fsp3) is 0.484. The maximum absolute atomic E-state index is 14.3. The molecule has 1 saturated carbocycles. The van der Waals surface area contributed by atoms with Gasteiger partial charge in [-0.25, -0.2) is 14.1 Å². The SMILES string of the molecule is CCC(=O)O[C@@H]1[C@@](C#N)(COP(=O)(N[C@@H](C)C(=O)OC2CCC2)Oc2ccccc2)OC[C@]1(OC(=O)CC)c1ccc2c(N)ncnn12. The maximum atomic E-state index is 14.3. The van der Waals surface area contributed by atoms with E-state index in [9.17, 15) is 24.2 Å². The molecule has 2 aromatic heterocycles. The first-order valence-corrected chi connectivity index (χ1v) is 17.0. The Morgan fingerprint density at radius 3 is 2.52 bits per heavy atom. The largest absolute Gasteiger partial charge is 0.461 e. The van der Waals surface area contributed by atoms with Gasteiger partial charge < -0.3 is 29.2 Å². The second-order valence-corrected chi connectivity index (χ2v) is 13.1. The Hall–Kier alpha value is -4.55. The van der Waals surface area contributed by atoms with Crippen molar-refractivity contribution in [2.24, 2.45) is 0 Å². The van der Waals surface area contributed by atoms with E-state index in [1.807, 2.05) is 6.07 Å². The van der Waals surface area contributed by atoms with Crippen LogP contribution in [0.4, 0.5) is 5.82 Å². The summed E-state index contributed by atoms with van der Waals surface area (Å²) in [5.74, 6) is -1.90. The van der Waals surface area contributed by atoms with E-state index in [0.717, 1.165) is 19.3 Å². The Morgan fingerprint density at radius 1 is 1.15 bits per heavy atom. The van der Waals surface area contributed by atoms with Gasteiger partial charge in [0, 0.05) is 12.8 Å². The lowest BCUT2D eigenvalue weighted by Crippen LogP contribution is -2.55. The van der Waals surface area contributed by atoms with Gasteiger partial charge in [0.2, 0.25) is 11.2 Å². The number of anilines is 1. The zero-order valence-electron chi connectivity index (χ0n) is 26.7. The number of fused-ring (bicyclic) bond motifs is 1. The van der Waals surface area contributed by atoms with Crippen molar-refractivity contribution in [3.63, 3.8) is 0 Å². The van der Waals surface area contributed by atoms with Crippen molar-refractivity contribution in [1.29, 1.82) is 5.26 Å². The molecule has 1 unspecified atom stereocenters. The third-order valence-electron chi connectivity index (χ3n) is 8.08. The quantitative estimate of drug-likeness (QED) is 0.141. The van der Waals surface area contributed by atoms with Crippen molar-refractivity contribution in [2.45, 2.75) is 82.3 Å². The smallest absolute Gasteiger partial charge is 0.459 e. The molecule has 1 aliphatic carbocycles. The Labute approximate surface area is 276 Å². The third kappa shape index (κ3) is 7.00. The second kappa shape index (κ2) is 14.3. The first kappa shape index (κ1) is 34.8. The highest BCUT2D eigenvalue weighted by atomic mass is 31.2. The molecule has 1 aliphatic heterocycles. The van der Waals surface area contributed by atoms with Crippen molar-refractivity contribution in [3.05, 3.63) is 54.5 Å². The third-order valence-corrected chi connectivity index (χ3v) is 9.70. The number of nitrogen functional groups attached to an aromatic ring is 1. The standard InChI is InChI=1S/C31H37N6O10P/c1-4-25(38)45-29-30(16-32,42-18-31(29,46-26(39)5-2)24-15-14-23-27(33)34-19-35-37(23)24)17-43-48(41,47-22-10-7-6-8-11-22)36-20(3)28(40)44-21-12-9-13-21/h6-8,10-11,14-15,19-21,29H,4-5,9,12-13,17-18H2,1-3H3,(H,36,41)(H2,33,34,35)/t20-,29+,30+,31-,48?/m0/s1. The predicted octanol–water partition coefficient (Wildman–Crippen LogP) is 3.35. The van der Waals surface area contributed by atoms with E-state index in [1.54, 1.807) is 38.1 Å². The summed E-state index contributed by atoms with van der Waals surface area (Å²) in [5.41, 5.74) is 2.38. The number of nitrogens with one attached hydrogen (secondary N) is 1. The maximum Gasteiger partial charge on any atom is 0.459 e. The van der Waals surface area contributed by atoms with Crippen molar-refractivity contribution >= 4 is 37.0 Å². The normalized spacial score (nSPS) is 24.1. The lowest BCUT2D eigenvalue weighted by Gasteiger charge is -2.36. The molecule has 2 aliphatic rings. The second-order valence-electron chi connectivity index (χ2n) is 11.4. The fourth-order valence-electron chi connectivity index (χ4n) is 5.24. The van der Waals surface area contributed by atoms with Gasteiger partial charge in [-0.3, -0.25) is 18.9 Å². The highest BCUT2D eigenvalue weighted by Gasteiger charge is 2.67. The van der Waals surface area contributed by atoms with Crippen LogP contribution in [0.1, 0.15) is 58.6 Å². The number of carbonyl (C=O) groups is 3. The lowest BCUT2D eigenvalue weighted by molar-refractivity contribution is -0.187. The van der Waals surface area contributed by atoms with E-state index >= 15 is 0 Å². The topological polar surface area (TPSA) is 216 Å². The molecule has 3 aromatic rings. The molecule has 48 heavy (non-hydrogen) atoms. The van der Waals surface area contributed by atoms with Gasteiger partial charge in [-0.2, -0.15) is 15.4 Å². The van der Waals surface area contributed by atoms with Crippen LogP contribution in [0.5, 0.6) is 5.75 Å². The molecule has 3 heterocycles. The number of hydrogen-bond acceptors (Lipinski definition) is 14. The number of hydrogen-bond donors (Lipinski definition) is 2. The van der Waals surface area contributed by atoms with Gasteiger partial charge in [0.15, 0.2) is 11.9 Å². The summed E-state index contributed by atoms with van der Waals surface area (Å²) in [7, 11) is -4.51. The van der Waals surface area contributed by atoms with E-state index < -0.39 is 62.2 Å². The van der Waals surface area contributed by atoms with Crippen LogP contribution >= 0.6 is 7.75 Å². The van der Waals surface area contributed by atoms with Crippen LogP contribution in [-0.2, 0) is 48.0 Å². The van der Waals surface area contributed by atoms with Crippen LogP contribution in [0.2, 0.25) is 0 Å². The molecule has 1 aromatic carbocycles. The minimum Gasteiger partial charge on any atom is -0.461 e. The molecular weight excluding hydrogens is 647 g/mol. The van der Waals surface area contributed by atoms with E-state index in [-0.39, 0.29) is 36.2 Å². The fourth-order valence-corrected chi connectivity index (χ4v) is 6.76. The van der Waals surface area contributed by atoms with Crippen molar-refractivity contribution in [3.8, 4) is 11.8 Å². The Kier molecular flexibility index (Phi) is 10.4. The molecule has 2 fully saturated rings. The van der Waals surface area contributed by atoms with Crippen LogP contribution in [0.3, 0.4) is 0 Å². The van der Waals surface area contributed by atoms with Gasteiger partial charge in [0.05, 0.1) is 12.3 Å². The van der Waals surface area contributed by atoms with Crippen molar-refractivity contribution in [1.82, 2.24) is 19.7 Å². The number of nitrogens with zero attached hydrogens (tertiary/aromatic N) is 4. The summed E-state index contributed by atoms with van der Waals surface area (Å²) in [4.78, 5) is 42.7. The van der Waals surface area contributed by atoms with E-state index in [2.05, 4.69) is 15.2 Å². The number of aromatic nitrogens is 3. The van der Waals surface area contributed by atoms with Crippen LogP contribution in [0.25, 0.3) is 5.52 Å². The molecule has 0 bridgehead atoms. The number of esters is 3. The van der Waals surface area contributed by atoms with Crippen LogP contribution in [-0.4, -0.2) is 69.6 Å². The molecule has 16 nitrogen and oxygen atoms in total. The number of ether oxygens (including phenoxy) is 4. The average Bonchev–Trinajstić information content (AvgIpc) is 3.63. The lowest BCUT2D eigenvalue weighted by atomic mass is 9.85. The molecule has 1 saturated heterocycles. The van der Waals surface area contributed by atoms with Gasteiger partial charge >= 0.3 is 25.7 Å². The number of carbonyl (C=O) groups excluding carboxylic acids is 3. The molecule has 17 heteroatoms. The Bertz CT molecular complexity index is 1740. The predicted molar refractivity (Wildman–Crippen MR) is 167 cm³/mol. The van der Waals surface area contributed by atoms with Crippen molar-refractivity contribution < 1.29 is 46.9 Å². The zero-order chi connectivity index (χ0) is 34.5. The summed E-state index contributed by atoms with van der Waals surface area (Å²) in [6.45, 7) is 3.20. The van der Waals surface area contributed by atoms with E-state index in [4.69, 9.17) is 33.7 Å². The molecule has 3 N–H and O–H groups in total. The van der Waals surface area contributed by atoms with Gasteiger partial charge in [-0.15, -0.1) is 0 Å². The van der Waals surface area contributed by atoms with E-state index in [0.29, 0.717) is 5.52 Å². The number of para-hydroxylation sites is 1. The van der Waals surface area contributed by atoms with E-state index in [1.165, 1.54) is 36.0 Å². The summed E-state index contributed by atoms with van der Waals surface area (Å²) < 4.78 is 50.6. The molecular formula is C31H37N6O10P. The summed E-state index contributed by atoms with van der Waals surface area (Å²) in [6.07, 6.45) is 1.48. The zero-order valence-corrected chi connectivity index (χ0v) is 27.6. The number of nitriles is 1. The van der Waals surface area contributed by atoms with Gasteiger partial charge in [0.1, 0.15) is 42.4 Å². The molecule has 0 radical (unpaired) electrons.